The maximum atomic E-state index is 10.4. The van der Waals surface area contributed by atoms with Crippen molar-refractivity contribution in [1.29, 1.82) is 5.26 Å². The van der Waals surface area contributed by atoms with E-state index < -0.39 is 5.97 Å². The summed E-state index contributed by atoms with van der Waals surface area (Å²) < 4.78 is 5.57. The Morgan fingerprint density at radius 2 is 2.10 bits per heavy atom. The van der Waals surface area contributed by atoms with E-state index in [1.807, 2.05) is 13.8 Å². The van der Waals surface area contributed by atoms with Crippen LogP contribution in [0, 0.1) is 16.7 Å². The summed E-state index contributed by atoms with van der Waals surface area (Å²) in [5.41, 5.74) is -0.224. The average molecular weight is 282 g/mol. The summed E-state index contributed by atoms with van der Waals surface area (Å²) in [6.45, 7) is 7.32. The molecule has 1 fully saturated rings. The van der Waals surface area contributed by atoms with E-state index in [0.717, 1.165) is 45.3 Å². The molecule has 0 spiro atoms. The predicted molar refractivity (Wildman–Crippen MR) is 76.3 cm³/mol. The molecule has 1 N–H and O–H groups in total. The number of hydrogen-bond acceptors (Lipinski definition) is 4. The van der Waals surface area contributed by atoms with Crippen LogP contribution in [-0.2, 0) is 9.53 Å². The van der Waals surface area contributed by atoms with Crippen molar-refractivity contribution in [2.24, 2.45) is 5.41 Å². The van der Waals surface area contributed by atoms with Gasteiger partial charge in [0, 0.05) is 13.1 Å². The molecular formula is C15H26N2O3. The number of carboxylic acid groups (broad SMARTS) is 1. The van der Waals surface area contributed by atoms with Crippen molar-refractivity contribution in [2.75, 3.05) is 26.2 Å². The summed E-state index contributed by atoms with van der Waals surface area (Å²) >= 11 is 0. The second-order valence-corrected chi connectivity index (χ2v) is 6.15. The Morgan fingerprint density at radius 1 is 1.45 bits per heavy atom. The SMILES string of the molecule is CC(C)(C#N)CCCN1CCC(OCCC(=O)O)CC1. The number of nitrogens with zero attached hydrogens (tertiary/aromatic N) is 2. The van der Waals surface area contributed by atoms with Gasteiger partial charge in [-0.05, 0) is 46.1 Å². The quantitative estimate of drug-likeness (QED) is 0.739. The van der Waals surface area contributed by atoms with Crippen molar-refractivity contribution >= 4 is 5.97 Å². The highest BCUT2D eigenvalue weighted by molar-refractivity contribution is 5.66. The monoisotopic (exact) mass is 282 g/mol. The van der Waals surface area contributed by atoms with Gasteiger partial charge in [-0.25, -0.2) is 0 Å². The molecule has 1 saturated heterocycles. The Kier molecular flexibility index (Phi) is 6.97. The summed E-state index contributed by atoms with van der Waals surface area (Å²) in [5, 5.41) is 17.5. The summed E-state index contributed by atoms with van der Waals surface area (Å²) in [4.78, 5) is 12.8. The number of carbonyl (C=O) groups is 1. The molecule has 0 radical (unpaired) electrons. The Morgan fingerprint density at radius 3 is 2.65 bits per heavy atom. The zero-order valence-electron chi connectivity index (χ0n) is 12.6. The summed E-state index contributed by atoms with van der Waals surface area (Å²) in [5.74, 6) is -0.803. The van der Waals surface area contributed by atoms with Crippen LogP contribution in [0.25, 0.3) is 0 Å². The van der Waals surface area contributed by atoms with Crippen molar-refractivity contribution in [3.05, 3.63) is 0 Å². The Bertz CT molecular complexity index is 342. The largest absolute Gasteiger partial charge is 0.481 e. The Hall–Kier alpha value is -1.12. The first-order chi connectivity index (χ1) is 9.43. The first kappa shape index (κ1) is 16.9. The second kappa shape index (κ2) is 8.23. The van der Waals surface area contributed by atoms with E-state index in [-0.39, 0.29) is 17.9 Å². The van der Waals surface area contributed by atoms with Crippen LogP contribution in [0.5, 0.6) is 0 Å². The lowest BCUT2D eigenvalue weighted by molar-refractivity contribution is -0.138. The van der Waals surface area contributed by atoms with Crippen LogP contribution < -0.4 is 0 Å². The first-order valence-electron chi connectivity index (χ1n) is 7.40. The maximum absolute atomic E-state index is 10.4. The summed E-state index contributed by atoms with van der Waals surface area (Å²) in [6, 6.07) is 2.33. The van der Waals surface area contributed by atoms with Gasteiger partial charge in [0.2, 0.25) is 0 Å². The molecule has 0 unspecified atom stereocenters. The van der Waals surface area contributed by atoms with Crippen LogP contribution in [0.1, 0.15) is 46.0 Å². The van der Waals surface area contributed by atoms with Gasteiger partial charge in [0.05, 0.1) is 30.6 Å². The van der Waals surface area contributed by atoms with E-state index in [1.54, 1.807) is 0 Å². The molecule has 0 saturated carbocycles. The van der Waals surface area contributed by atoms with Crippen LogP contribution in [0.2, 0.25) is 0 Å². The molecule has 0 aliphatic carbocycles. The fraction of sp³-hybridized carbons (Fsp3) is 0.867. The molecule has 1 rings (SSSR count). The van der Waals surface area contributed by atoms with Crippen molar-refractivity contribution in [1.82, 2.24) is 4.90 Å². The topological polar surface area (TPSA) is 73.6 Å². The van der Waals surface area contributed by atoms with Gasteiger partial charge in [0.1, 0.15) is 0 Å². The van der Waals surface area contributed by atoms with Crippen molar-refractivity contribution in [3.8, 4) is 6.07 Å². The number of rotatable bonds is 8. The molecule has 0 amide bonds. The summed E-state index contributed by atoms with van der Waals surface area (Å²) in [7, 11) is 0. The zero-order chi connectivity index (χ0) is 15.0. The third kappa shape index (κ3) is 6.88. The van der Waals surface area contributed by atoms with E-state index in [4.69, 9.17) is 15.1 Å². The molecule has 0 aromatic rings. The molecule has 0 bridgehead atoms. The third-order valence-electron chi connectivity index (χ3n) is 3.78. The number of likely N-dealkylation sites (tertiary alicyclic amines) is 1. The van der Waals surface area contributed by atoms with E-state index in [1.165, 1.54) is 0 Å². The molecule has 1 aliphatic rings. The molecule has 5 heteroatoms. The van der Waals surface area contributed by atoms with E-state index >= 15 is 0 Å². The van der Waals surface area contributed by atoms with Crippen LogP contribution in [0.3, 0.4) is 0 Å². The number of carboxylic acids is 1. The molecule has 114 valence electrons. The standard InChI is InChI=1S/C15H26N2O3/c1-15(2,12-16)7-3-8-17-9-4-13(5-10-17)20-11-6-14(18)19/h13H,3-11H2,1-2H3,(H,18,19). The van der Waals surface area contributed by atoms with Gasteiger partial charge in [-0.3, -0.25) is 4.79 Å². The third-order valence-corrected chi connectivity index (χ3v) is 3.78. The van der Waals surface area contributed by atoms with E-state index in [2.05, 4.69) is 11.0 Å². The van der Waals surface area contributed by atoms with Gasteiger partial charge >= 0.3 is 5.97 Å². The zero-order valence-corrected chi connectivity index (χ0v) is 12.6. The number of nitriles is 1. The highest BCUT2D eigenvalue weighted by Crippen LogP contribution is 2.21. The van der Waals surface area contributed by atoms with Crippen molar-refractivity contribution < 1.29 is 14.6 Å². The van der Waals surface area contributed by atoms with Gasteiger partial charge in [0.25, 0.3) is 0 Å². The van der Waals surface area contributed by atoms with E-state index in [0.29, 0.717) is 6.61 Å². The van der Waals surface area contributed by atoms with Crippen molar-refractivity contribution in [3.63, 3.8) is 0 Å². The molecule has 20 heavy (non-hydrogen) atoms. The molecule has 0 aromatic heterocycles. The fourth-order valence-electron chi connectivity index (χ4n) is 2.41. The molecule has 1 aliphatic heterocycles. The molecule has 1 heterocycles. The predicted octanol–water partition coefficient (Wildman–Crippen LogP) is 2.27. The minimum absolute atomic E-state index is 0.0868. The molecular weight excluding hydrogens is 256 g/mol. The van der Waals surface area contributed by atoms with Gasteiger partial charge in [0.15, 0.2) is 0 Å². The lowest BCUT2D eigenvalue weighted by Crippen LogP contribution is -2.38. The van der Waals surface area contributed by atoms with Crippen LogP contribution >= 0.6 is 0 Å². The van der Waals surface area contributed by atoms with Gasteiger partial charge in [-0.1, -0.05) is 0 Å². The minimum Gasteiger partial charge on any atom is -0.481 e. The molecule has 0 aromatic carbocycles. The normalized spacial score (nSPS) is 17.9. The lowest BCUT2D eigenvalue weighted by Gasteiger charge is -2.32. The smallest absolute Gasteiger partial charge is 0.305 e. The lowest BCUT2D eigenvalue weighted by atomic mass is 9.89. The van der Waals surface area contributed by atoms with Crippen LogP contribution in [-0.4, -0.2) is 48.3 Å². The number of aliphatic carboxylic acids is 1. The van der Waals surface area contributed by atoms with Gasteiger partial charge < -0.3 is 14.7 Å². The highest BCUT2D eigenvalue weighted by Gasteiger charge is 2.21. The summed E-state index contributed by atoms with van der Waals surface area (Å²) in [6.07, 6.45) is 4.22. The van der Waals surface area contributed by atoms with Crippen molar-refractivity contribution in [2.45, 2.75) is 52.1 Å². The first-order valence-corrected chi connectivity index (χ1v) is 7.40. The Balaban J connectivity index is 2.10. The average Bonchev–Trinajstić information content (AvgIpc) is 2.40. The number of ether oxygens (including phenoxy) is 1. The fourth-order valence-corrected chi connectivity index (χ4v) is 2.41. The van der Waals surface area contributed by atoms with Gasteiger partial charge in [-0.15, -0.1) is 0 Å². The van der Waals surface area contributed by atoms with E-state index in [9.17, 15) is 4.79 Å². The molecule has 0 atom stereocenters. The minimum atomic E-state index is -0.803. The van der Waals surface area contributed by atoms with Crippen LogP contribution in [0.15, 0.2) is 0 Å². The Labute approximate surface area is 121 Å². The number of piperidine rings is 1. The maximum Gasteiger partial charge on any atom is 0.305 e. The second-order valence-electron chi connectivity index (χ2n) is 6.15. The van der Waals surface area contributed by atoms with Crippen LogP contribution in [0.4, 0.5) is 0 Å². The highest BCUT2D eigenvalue weighted by atomic mass is 16.5. The van der Waals surface area contributed by atoms with Gasteiger partial charge in [-0.2, -0.15) is 5.26 Å². The molecule has 5 nitrogen and oxygen atoms in total. The number of hydrogen-bond donors (Lipinski definition) is 1.